The topological polar surface area (TPSA) is 63.4 Å². The zero-order chi connectivity index (χ0) is 14.8. The summed E-state index contributed by atoms with van der Waals surface area (Å²) in [6, 6.07) is 3.49. The summed E-state index contributed by atoms with van der Waals surface area (Å²) in [5.74, 6) is 0. The van der Waals surface area contributed by atoms with Gasteiger partial charge >= 0.3 is 0 Å². The Hall–Kier alpha value is -1.07. The molecule has 0 aromatic heterocycles. The van der Waals surface area contributed by atoms with E-state index in [2.05, 4.69) is 0 Å². The van der Waals surface area contributed by atoms with E-state index in [1.165, 1.54) is 4.31 Å². The number of hydrogen-bond donors (Lipinski definition) is 1. The Morgan fingerprint density at radius 3 is 2.42 bits per heavy atom. The molecule has 1 unspecified atom stereocenters. The zero-order valence-electron chi connectivity index (χ0n) is 12.4. The number of anilines is 1. The summed E-state index contributed by atoms with van der Waals surface area (Å²) in [6.45, 7) is 7.54. The number of hydrogen-bond acceptors (Lipinski definition) is 3. The molecule has 19 heavy (non-hydrogen) atoms. The minimum atomic E-state index is -3.49. The SMILES string of the molecule is CCCC(C)N(C)S(=O)(=O)c1c(C)ccc(N)c1C. The summed E-state index contributed by atoms with van der Waals surface area (Å²) in [5.41, 5.74) is 7.73. The van der Waals surface area contributed by atoms with Gasteiger partial charge < -0.3 is 5.73 Å². The number of benzene rings is 1. The van der Waals surface area contributed by atoms with E-state index in [1.807, 2.05) is 13.8 Å². The number of nitrogen functional groups attached to an aromatic ring is 1. The molecule has 0 fully saturated rings. The average Bonchev–Trinajstić information content (AvgIpc) is 2.33. The molecule has 0 saturated carbocycles. The van der Waals surface area contributed by atoms with Crippen molar-refractivity contribution in [2.75, 3.05) is 12.8 Å². The van der Waals surface area contributed by atoms with Gasteiger partial charge in [-0.1, -0.05) is 19.4 Å². The monoisotopic (exact) mass is 284 g/mol. The van der Waals surface area contributed by atoms with E-state index in [1.54, 1.807) is 33.0 Å². The van der Waals surface area contributed by atoms with Gasteiger partial charge in [0.25, 0.3) is 0 Å². The van der Waals surface area contributed by atoms with Crippen molar-refractivity contribution in [2.24, 2.45) is 0 Å². The third-order valence-electron chi connectivity index (χ3n) is 3.61. The molecule has 4 nitrogen and oxygen atoms in total. The third-order valence-corrected chi connectivity index (χ3v) is 5.87. The molecule has 5 heteroatoms. The molecular weight excluding hydrogens is 260 g/mol. The lowest BCUT2D eigenvalue weighted by atomic mass is 10.1. The van der Waals surface area contributed by atoms with Gasteiger partial charge in [0, 0.05) is 18.8 Å². The normalized spacial score (nSPS) is 13.8. The van der Waals surface area contributed by atoms with Crippen LogP contribution in [0, 0.1) is 13.8 Å². The summed E-state index contributed by atoms with van der Waals surface area (Å²) in [6.07, 6.45) is 1.80. The van der Waals surface area contributed by atoms with Gasteiger partial charge in [-0.05, 0) is 44.4 Å². The van der Waals surface area contributed by atoms with Gasteiger partial charge in [-0.3, -0.25) is 0 Å². The van der Waals surface area contributed by atoms with Crippen LogP contribution in [0.15, 0.2) is 17.0 Å². The predicted octanol–water partition coefficient (Wildman–Crippen LogP) is 2.69. The molecule has 0 aliphatic carbocycles. The van der Waals surface area contributed by atoms with E-state index in [4.69, 9.17) is 5.73 Å². The quantitative estimate of drug-likeness (QED) is 0.846. The number of aryl methyl sites for hydroxylation is 1. The Morgan fingerprint density at radius 2 is 1.89 bits per heavy atom. The Labute approximate surface area is 116 Å². The Bertz CT molecular complexity index is 553. The molecule has 1 aromatic carbocycles. The fraction of sp³-hybridized carbons (Fsp3) is 0.571. The highest BCUT2D eigenvalue weighted by Crippen LogP contribution is 2.28. The van der Waals surface area contributed by atoms with Crippen molar-refractivity contribution in [3.05, 3.63) is 23.3 Å². The van der Waals surface area contributed by atoms with E-state index >= 15 is 0 Å². The van der Waals surface area contributed by atoms with Crippen LogP contribution in [0.25, 0.3) is 0 Å². The molecule has 0 aliphatic rings. The molecule has 108 valence electrons. The molecular formula is C14H24N2O2S. The highest BCUT2D eigenvalue weighted by atomic mass is 32.2. The standard InChI is InChI=1S/C14H24N2O2S/c1-6-7-11(3)16(5)19(17,18)14-10(2)8-9-13(15)12(14)4/h8-9,11H,6-7,15H2,1-5H3. The molecule has 1 aromatic rings. The summed E-state index contributed by atoms with van der Waals surface area (Å²) in [5, 5.41) is 0. The first-order chi connectivity index (χ1) is 8.73. The molecule has 0 aliphatic heterocycles. The maximum absolute atomic E-state index is 12.7. The van der Waals surface area contributed by atoms with Gasteiger partial charge in [0.05, 0.1) is 4.90 Å². The van der Waals surface area contributed by atoms with E-state index in [0.717, 1.165) is 18.4 Å². The lowest BCUT2D eigenvalue weighted by Gasteiger charge is -2.26. The van der Waals surface area contributed by atoms with Gasteiger partial charge in [-0.25, -0.2) is 8.42 Å². The van der Waals surface area contributed by atoms with Crippen LogP contribution in [-0.4, -0.2) is 25.8 Å². The fourth-order valence-corrected chi connectivity index (χ4v) is 4.07. The van der Waals surface area contributed by atoms with Crippen molar-refractivity contribution in [1.82, 2.24) is 4.31 Å². The maximum Gasteiger partial charge on any atom is 0.243 e. The number of nitrogens with two attached hydrogens (primary N) is 1. The molecule has 1 atom stereocenters. The highest BCUT2D eigenvalue weighted by molar-refractivity contribution is 7.89. The Morgan fingerprint density at radius 1 is 1.32 bits per heavy atom. The second-order valence-electron chi connectivity index (χ2n) is 5.08. The minimum absolute atomic E-state index is 0.0183. The summed E-state index contributed by atoms with van der Waals surface area (Å²) >= 11 is 0. The lowest BCUT2D eigenvalue weighted by Crippen LogP contribution is -2.35. The molecule has 0 saturated heterocycles. The Balaban J connectivity index is 3.32. The second kappa shape index (κ2) is 5.92. The van der Waals surface area contributed by atoms with Gasteiger partial charge in [-0.15, -0.1) is 0 Å². The van der Waals surface area contributed by atoms with Crippen molar-refractivity contribution in [3.8, 4) is 0 Å². The van der Waals surface area contributed by atoms with E-state index in [0.29, 0.717) is 16.1 Å². The lowest BCUT2D eigenvalue weighted by molar-refractivity contribution is 0.368. The number of sulfonamides is 1. The van der Waals surface area contributed by atoms with Gasteiger partial charge in [0.15, 0.2) is 0 Å². The number of rotatable bonds is 5. The average molecular weight is 284 g/mol. The molecule has 0 radical (unpaired) electrons. The van der Waals surface area contributed by atoms with Crippen LogP contribution in [0.4, 0.5) is 5.69 Å². The smallest absolute Gasteiger partial charge is 0.243 e. The van der Waals surface area contributed by atoms with Crippen LogP contribution in [0.1, 0.15) is 37.8 Å². The number of nitrogens with zero attached hydrogens (tertiary/aromatic N) is 1. The third kappa shape index (κ3) is 3.09. The largest absolute Gasteiger partial charge is 0.398 e. The Kier molecular flexibility index (Phi) is 4.98. The van der Waals surface area contributed by atoms with Crippen molar-refractivity contribution in [2.45, 2.75) is 51.5 Å². The van der Waals surface area contributed by atoms with Crippen LogP contribution >= 0.6 is 0 Å². The molecule has 2 N–H and O–H groups in total. The van der Waals surface area contributed by atoms with Crippen LogP contribution in [0.2, 0.25) is 0 Å². The zero-order valence-corrected chi connectivity index (χ0v) is 13.2. The van der Waals surface area contributed by atoms with Gasteiger partial charge in [-0.2, -0.15) is 4.31 Å². The highest BCUT2D eigenvalue weighted by Gasteiger charge is 2.28. The van der Waals surface area contributed by atoms with E-state index < -0.39 is 10.0 Å². The van der Waals surface area contributed by atoms with Crippen molar-refractivity contribution >= 4 is 15.7 Å². The molecule has 0 heterocycles. The van der Waals surface area contributed by atoms with Crippen LogP contribution in [0.3, 0.4) is 0 Å². The summed E-state index contributed by atoms with van der Waals surface area (Å²) < 4.78 is 26.9. The van der Waals surface area contributed by atoms with Crippen LogP contribution in [0.5, 0.6) is 0 Å². The predicted molar refractivity (Wildman–Crippen MR) is 79.6 cm³/mol. The first kappa shape index (κ1) is 16.0. The van der Waals surface area contributed by atoms with Crippen molar-refractivity contribution in [3.63, 3.8) is 0 Å². The fourth-order valence-electron chi connectivity index (χ4n) is 2.22. The summed E-state index contributed by atoms with van der Waals surface area (Å²) in [7, 11) is -1.85. The van der Waals surface area contributed by atoms with Crippen molar-refractivity contribution in [1.29, 1.82) is 0 Å². The molecule has 1 rings (SSSR count). The van der Waals surface area contributed by atoms with Crippen molar-refractivity contribution < 1.29 is 8.42 Å². The van der Waals surface area contributed by atoms with E-state index in [9.17, 15) is 8.42 Å². The molecule has 0 amide bonds. The van der Waals surface area contributed by atoms with E-state index in [-0.39, 0.29) is 6.04 Å². The second-order valence-corrected chi connectivity index (χ2v) is 7.02. The van der Waals surface area contributed by atoms with Crippen LogP contribution < -0.4 is 5.73 Å². The first-order valence-electron chi connectivity index (χ1n) is 6.57. The maximum atomic E-state index is 12.7. The first-order valence-corrected chi connectivity index (χ1v) is 8.01. The van der Waals surface area contributed by atoms with Crippen LogP contribution in [-0.2, 0) is 10.0 Å². The van der Waals surface area contributed by atoms with Gasteiger partial charge in [0.2, 0.25) is 10.0 Å². The van der Waals surface area contributed by atoms with Gasteiger partial charge in [0.1, 0.15) is 0 Å². The minimum Gasteiger partial charge on any atom is -0.398 e. The summed E-state index contributed by atoms with van der Waals surface area (Å²) in [4.78, 5) is 0.345. The molecule has 0 spiro atoms. The molecule has 0 bridgehead atoms.